The molecule has 1 rings (SSSR count). The molecule has 0 fully saturated rings. The quantitative estimate of drug-likeness (QED) is 0.654. The molecule has 12 heavy (non-hydrogen) atoms. The van der Waals surface area contributed by atoms with Gasteiger partial charge in [0, 0.05) is 0 Å². The first-order valence-electron chi connectivity index (χ1n) is 3.87. The average Bonchev–Trinajstić information content (AvgIpc) is 2.37. The molecule has 0 N–H and O–H groups in total. The van der Waals surface area contributed by atoms with E-state index in [1.54, 1.807) is 24.3 Å². The number of carbonyl (C=O) groups excluding carboxylic acids is 1. The standard InChI is InChI=1S/C10H12OS/c1-8(5-9(2)11)6-10-3-4-12-7-10/h3-5,7H,6H2,1-2H3/b8-5-. The molecule has 0 bridgehead atoms. The minimum absolute atomic E-state index is 0.128. The van der Waals surface area contributed by atoms with E-state index in [0.29, 0.717) is 0 Å². The van der Waals surface area contributed by atoms with Crippen LogP contribution in [0.5, 0.6) is 0 Å². The van der Waals surface area contributed by atoms with Crippen molar-refractivity contribution in [3.8, 4) is 0 Å². The van der Waals surface area contributed by atoms with Gasteiger partial charge in [0.25, 0.3) is 0 Å². The average molecular weight is 180 g/mol. The van der Waals surface area contributed by atoms with Crippen molar-refractivity contribution in [2.75, 3.05) is 0 Å². The van der Waals surface area contributed by atoms with Crippen LogP contribution in [0.3, 0.4) is 0 Å². The van der Waals surface area contributed by atoms with Crippen LogP contribution in [-0.2, 0) is 11.2 Å². The first-order valence-corrected chi connectivity index (χ1v) is 4.81. The van der Waals surface area contributed by atoms with Gasteiger partial charge in [-0.25, -0.2) is 0 Å². The molecular formula is C10H12OS. The maximum absolute atomic E-state index is 10.7. The molecule has 0 unspecified atom stereocenters. The Kier molecular flexibility index (Phi) is 3.23. The zero-order chi connectivity index (χ0) is 8.97. The fourth-order valence-electron chi connectivity index (χ4n) is 1.11. The van der Waals surface area contributed by atoms with E-state index in [4.69, 9.17) is 0 Å². The number of rotatable bonds is 3. The second-order valence-corrected chi connectivity index (χ2v) is 3.69. The van der Waals surface area contributed by atoms with Gasteiger partial charge in [0.05, 0.1) is 0 Å². The van der Waals surface area contributed by atoms with E-state index in [1.807, 2.05) is 6.92 Å². The summed E-state index contributed by atoms with van der Waals surface area (Å²) < 4.78 is 0. The fourth-order valence-corrected chi connectivity index (χ4v) is 1.78. The molecule has 0 aliphatic rings. The summed E-state index contributed by atoms with van der Waals surface area (Å²) in [6, 6.07) is 2.09. The highest BCUT2D eigenvalue weighted by Gasteiger charge is 1.95. The largest absolute Gasteiger partial charge is 0.295 e. The Morgan fingerprint density at radius 1 is 1.58 bits per heavy atom. The van der Waals surface area contributed by atoms with E-state index in [1.165, 1.54) is 5.56 Å². The van der Waals surface area contributed by atoms with Crippen LogP contribution in [0.2, 0.25) is 0 Å². The molecule has 0 aliphatic heterocycles. The third-order valence-corrected chi connectivity index (χ3v) is 2.24. The second-order valence-electron chi connectivity index (χ2n) is 2.91. The van der Waals surface area contributed by atoms with Gasteiger partial charge in [-0.1, -0.05) is 5.57 Å². The molecule has 0 saturated heterocycles. The van der Waals surface area contributed by atoms with E-state index >= 15 is 0 Å². The third kappa shape index (κ3) is 3.01. The molecule has 0 aromatic carbocycles. The van der Waals surface area contributed by atoms with Crippen LogP contribution in [0, 0.1) is 0 Å². The molecule has 0 aliphatic carbocycles. The predicted molar refractivity (Wildman–Crippen MR) is 52.5 cm³/mol. The van der Waals surface area contributed by atoms with E-state index in [0.717, 1.165) is 12.0 Å². The lowest BCUT2D eigenvalue weighted by molar-refractivity contribution is -0.112. The lowest BCUT2D eigenvalue weighted by Gasteiger charge is -1.95. The zero-order valence-electron chi connectivity index (χ0n) is 7.33. The first-order chi connectivity index (χ1) is 5.68. The van der Waals surface area contributed by atoms with Gasteiger partial charge in [-0.3, -0.25) is 4.79 Å². The topological polar surface area (TPSA) is 17.1 Å². The Bertz CT molecular complexity index is 283. The molecule has 1 heterocycles. The Balaban J connectivity index is 2.58. The number of hydrogen-bond donors (Lipinski definition) is 0. The van der Waals surface area contributed by atoms with Crippen molar-refractivity contribution in [1.29, 1.82) is 0 Å². The van der Waals surface area contributed by atoms with Gasteiger partial charge in [-0.15, -0.1) is 0 Å². The summed E-state index contributed by atoms with van der Waals surface area (Å²) in [7, 11) is 0. The molecule has 1 nitrogen and oxygen atoms in total. The summed E-state index contributed by atoms with van der Waals surface area (Å²) in [4.78, 5) is 10.7. The van der Waals surface area contributed by atoms with Crippen LogP contribution in [0.4, 0.5) is 0 Å². The molecule has 0 spiro atoms. The summed E-state index contributed by atoms with van der Waals surface area (Å²) in [5, 5.41) is 4.16. The predicted octanol–water partition coefficient (Wildman–Crippen LogP) is 2.83. The number of carbonyl (C=O) groups is 1. The van der Waals surface area contributed by atoms with Crippen molar-refractivity contribution in [3.63, 3.8) is 0 Å². The highest BCUT2D eigenvalue weighted by atomic mass is 32.1. The summed E-state index contributed by atoms with van der Waals surface area (Å²) >= 11 is 1.69. The summed E-state index contributed by atoms with van der Waals surface area (Å²) in [5.74, 6) is 0.128. The van der Waals surface area contributed by atoms with Crippen LogP contribution >= 0.6 is 11.3 Å². The Labute approximate surface area is 76.7 Å². The molecular weight excluding hydrogens is 168 g/mol. The van der Waals surface area contributed by atoms with E-state index in [2.05, 4.69) is 16.8 Å². The van der Waals surface area contributed by atoms with Crippen molar-refractivity contribution in [2.45, 2.75) is 20.3 Å². The summed E-state index contributed by atoms with van der Waals surface area (Å²) in [6.45, 7) is 3.57. The van der Waals surface area contributed by atoms with E-state index in [9.17, 15) is 4.79 Å². The summed E-state index contributed by atoms with van der Waals surface area (Å²) in [5.41, 5.74) is 2.41. The van der Waals surface area contributed by atoms with Crippen LogP contribution in [0.1, 0.15) is 19.4 Å². The van der Waals surface area contributed by atoms with Crippen LogP contribution in [0.15, 0.2) is 28.5 Å². The number of hydrogen-bond acceptors (Lipinski definition) is 2. The van der Waals surface area contributed by atoms with E-state index in [-0.39, 0.29) is 5.78 Å². The summed E-state index contributed by atoms with van der Waals surface area (Å²) in [6.07, 6.45) is 2.58. The Hall–Kier alpha value is -0.890. The maximum Gasteiger partial charge on any atom is 0.152 e. The lowest BCUT2D eigenvalue weighted by Crippen LogP contribution is -1.88. The minimum atomic E-state index is 0.128. The van der Waals surface area contributed by atoms with Crippen molar-refractivity contribution in [1.82, 2.24) is 0 Å². The Morgan fingerprint density at radius 3 is 2.83 bits per heavy atom. The van der Waals surface area contributed by atoms with Gasteiger partial charge in [0.1, 0.15) is 0 Å². The molecule has 2 heteroatoms. The van der Waals surface area contributed by atoms with Crippen molar-refractivity contribution < 1.29 is 4.79 Å². The highest BCUT2D eigenvalue weighted by Crippen LogP contribution is 2.11. The van der Waals surface area contributed by atoms with Crippen LogP contribution < -0.4 is 0 Å². The highest BCUT2D eigenvalue weighted by molar-refractivity contribution is 7.07. The van der Waals surface area contributed by atoms with Crippen LogP contribution in [0.25, 0.3) is 0 Å². The smallest absolute Gasteiger partial charge is 0.152 e. The molecule has 0 amide bonds. The normalized spacial score (nSPS) is 11.7. The van der Waals surface area contributed by atoms with Crippen LogP contribution in [-0.4, -0.2) is 5.78 Å². The molecule has 1 aromatic heterocycles. The molecule has 1 aromatic rings. The van der Waals surface area contributed by atoms with Gasteiger partial charge in [0.2, 0.25) is 0 Å². The van der Waals surface area contributed by atoms with Gasteiger partial charge >= 0.3 is 0 Å². The fraction of sp³-hybridized carbons (Fsp3) is 0.300. The SMILES string of the molecule is CC(=O)/C=C(/C)Cc1ccsc1. The molecule has 64 valence electrons. The Morgan fingerprint density at radius 2 is 2.33 bits per heavy atom. The van der Waals surface area contributed by atoms with Crippen molar-refractivity contribution in [3.05, 3.63) is 34.0 Å². The zero-order valence-corrected chi connectivity index (χ0v) is 8.15. The van der Waals surface area contributed by atoms with Gasteiger partial charge in [-0.2, -0.15) is 11.3 Å². The maximum atomic E-state index is 10.7. The minimum Gasteiger partial charge on any atom is -0.295 e. The monoisotopic (exact) mass is 180 g/mol. The van der Waals surface area contributed by atoms with Crippen molar-refractivity contribution >= 4 is 17.1 Å². The molecule has 0 radical (unpaired) electrons. The van der Waals surface area contributed by atoms with Gasteiger partial charge < -0.3 is 0 Å². The van der Waals surface area contributed by atoms with Crippen molar-refractivity contribution in [2.24, 2.45) is 0 Å². The number of allylic oxidation sites excluding steroid dienone is 2. The van der Waals surface area contributed by atoms with Gasteiger partial charge in [0.15, 0.2) is 5.78 Å². The number of ketones is 1. The van der Waals surface area contributed by atoms with Gasteiger partial charge in [-0.05, 0) is 48.7 Å². The lowest BCUT2D eigenvalue weighted by atomic mass is 10.1. The molecule has 0 atom stereocenters. The second kappa shape index (κ2) is 4.21. The van der Waals surface area contributed by atoms with E-state index < -0.39 is 0 Å². The third-order valence-electron chi connectivity index (χ3n) is 1.51. The molecule has 0 saturated carbocycles. The number of thiophene rings is 1. The first kappa shape index (κ1) is 9.20.